The largest absolute Gasteiger partial charge is 0.362 e. The van der Waals surface area contributed by atoms with Gasteiger partial charge in [-0.25, -0.2) is 4.98 Å². The molecule has 0 spiro atoms. The number of hydrogen-bond donors (Lipinski definition) is 3. The summed E-state index contributed by atoms with van der Waals surface area (Å²) in [4.78, 5) is 11.9. The molecule has 0 atom stereocenters. The first kappa shape index (κ1) is 22.8. The lowest BCUT2D eigenvalue weighted by molar-refractivity contribution is 0.387. The zero-order valence-electron chi connectivity index (χ0n) is 19.6. The summed E-state index contributed by atoms with van der Waals surface area (Å²) >= 11 is 5.55. The Kier molecular flexibility index (Phi) is 7.45. The van der Waals surface area contributed by atoms with Crippen molar-refractivity contribution < 1.29 is 0 Å². The molecular formula is C25H36N6S. The maximum absolute atomic E-state index is 5.55. The smallest absolute Gasteiger partial charge is 0.225 e. The number of anilines is 3. The summed E-state index contributed by atoms with van der Waals surface area (Å²) < 4.78 is 0. The van der Waals surface area contributed by atoms with Crippen molar-refractivity contribution >= 4 is 34.8 Å². The van der Waals surface area contributed by atoms with Crippen LogP contribution in [-0.2, 0) is 19.3 Å². The summed E-state index contributed by atoms with van der Waals surface area (Å²) in [6.07, 6.45) is 10.0. The molecule has 0 amide bonds. The summed E-state index contributed by atoms with van der Waals surface area (Å²) in [5, 5.41) is 11.2. The molecule has 2 aliphatic carbocycles. The first-order valence-corrected chi connectivity index (χ1v) is 12.4. The normalized spacial score (nSPS) is 20.2. The third kappa shape index (κ3) is 5.68. The monoisotopic (exact) mass is 452 g/mol. The highest BCUT2D eigenvalue weighted by Crippen LogP contribution is 2.29. The van der Waals surface area contributed by atoms with Crippen molar-refractivity contribution in [2.45, 2.75) is 76.8 Å². The molecule has 0 unspecified atom stereocenters. The molecule has 2 aromatic rings. The van der Waals surface area contributed by atoms with Gasteiger partial charge >= 0.3 is 0 Å². The van der Waals surface area contributed by atoms with Crippen LogP contribution in [0.3, 0.4) is 0 Å². The Bertz CT molecular complexity index is 919. The molecule has 0 aliphatic heterocycles. The van der Waals surface area contributed by atoms with Gasteiger partial charge in [0, 0.05) is 37.4 Å². The van der Waals surface area contributed by atoms with E-state index in [1.165, 1.54) is 29.7 Å². The quantitative estimate of drug-likeness (QED) is 0.549. The minimum absolute atomic E-state index is 0.407. The number of nitrogens with zero attached hydrogens (tertiary/aromatic N) is 3. The summed E-state index contributed by atoms with van der Waals surface area (Å²) in [7, 11) is 4.15. The summed E-state index contributed by atoms with van der Waals surface area (Å²) in [6, 6.07) is 9.29. The van der Waals surface area contributed by atoms with E-state index in [9.17, 15) is 0 Å². The Hall–Kier alpha value is -2.41. The molecule has 3 N–H and O–H groups in total. The molecule has 172 valence electrons. The molecule has 32 heavy (non-hydrogen) atoms. The SMILES string of the molecule is CCc1ccc(NC(=S)NC2CCC(Nc3nc4c(c(N(C)C)n3)CCCC4)CC2)cc1. The molecule has 0 saturated heterocycles. The predicted octanol–water partition coefficient (Wildman–Crippen LogP) is 4.69. The van der Waals surface area contributed by atoms with E-state index in [1.54, 1.807) is 0 Å². The highest BCUT2D eigenvalue weighted by molar-refractivity contribution is 7.80. The molecule has 1 heterocycles. The molecule has 0 radical (unpaired) electrons. The second-order valence-electron chi connectivity index (χ2n) is 9.24. The Morgan fingerprint density at radius 3 is 2.38 bits per heavy atom. The van der Waals surface area contributed by atoms with Crippen molar-refractivity contribution in [3.05, 3.63) is 41.1 Å². The van der Waals surface area contributed by atoms with Gasteiger partial charge in [-0.3, -0.25) is 0 Å². The average molecular weight is 453 g/mol. The zero-order chi connectivity index (χ0) is 22.5. The van der Waals surface area contributed by atoms with E-state index >= 15 is 0 Å². The van der Waals surface area contributed by atoms with E-state index in [0.29, 0.717) is 17.2 Å². The molecule has 1 saturated carbocycles. The number of aromatic nitrogens is 2. The maximum atomic E-state index is 5.55. The van der Waals surface area contributed by atoms with Crippen LogP contribution in [0.4, 0.5) is 17.5 Å². The summed E-state index contributed by atoms with van der Waals surface area (Å²) in [6.45, 7) is 2.17. The average Bonchev–Trinajstić information content (AvgIpc) is 2.80. The van der Waals surface area contributed by atoms with Gasteiger partial charge in [0.05, 0.1) is 5.69 Å². The lowest BCUT2D eigenvalue weighted by Gasteiger charge is -2.31. The molecule has 6 nitrogen and oxygen atoms in total. The highest BCUT2D eigenvalue weighted by Gasteiger charge is 2.24. The Morgan fingerprint density at radius 2 is 1.69 bits per heavy atom. The molecule has 1 fully saturated rings. The van der Waals surface area contributed by atoms with Crippen LogP contribution in [0, 0.1) is 0 Å². The van der Waals surface area contributed by atoms with Crippen molar-refractivity contribution in [2.75, 3.05) is 29.6 Å². The second-order valence-corrected chi connectivity index (χ2v) is 9.65. The van der Waals surface area contributed by atoms with Gasteiger partial charge in [-0.15, -0.1) is 0 Å². The summed E-state index contributed by atoms with van der Waals surface area (Å²) in [5.74, 6) is 1.87. The lowest BCUT2D eigenvalue weighted by atomic mass is 9.91. The van der Waals surface area contributed by atoms with E-state index in [-0.39, 0.29) is 0 Å². The van der Waals surface area contributed by atoms with Gasteiger partial charge < -0.3 is 20.9 Å². The molecular weight excluding hydrogens is 416 g/mol. The Balaban J connectivity index is 1.28. The van der Waals surface area contributed by atoms with Gasteiger partial charge in [0.15, 0.2) is 5.11 Å². The fourth-order valence-corrected chi connectivity index (χ4v) is 5.03. The number of fused-ring (bicyclic) bond motifs is 1. The van der Waals surface area contributed by atoms with Crippen LogP contribution in [0.15, 0.2) is 24.3 Å². The molecule has 1 aromatic heterocycles. The third-order valence-electron chi connectivity index (χ3n) is 6.60. The standard InChI is InChI=1S/C25H36N6S/c1-4-17-9-11-19(12-10-17)27-25(32)28-20-15-13-18(14-16-20)26-24-29-22-8-6-5-7-21(22)23(30-24)31(2)3/h9-12,18,20H,4-8,13-16H2,1-3H3,(H,26,29,30)(H2,27,28,32). The second kappa shape index (κ2) is 10.5. The highest BCUT2D eigenvalue weighted by atomic mass is 32.1. The van der Waals surface area contributed by atoms with Crippen molar-refractivity contribution in [1.82, 2.24) is 15.3 Å². The van der Waals surface area contributed by atoms with E-state index < -0.39 is 0 Å². The van der Waals surface area contributed by atoms with E-state index in [4.69, 9.17) is 22.2 Å². The van der Waals surface area contributed by atoms with Crippen LogP contribution < -0.4 is 20.9 Å². The lowest BCUT2D eigenvalue weighted by Crippen LogP contribution is -2.42. The van der Waals surface area contributed by atoms with Crippen LogP contribution in [0.25, 0.3) is 0 Å². The predicted molar refractivity (Wildman–Crippen MR) is 138 cm³/mol. The molecule has 7 heteroatoms. The van der Waals surface area contributed by atoms with Gasteiger partial charge in [0.25, 0.3) is 0 Å². The van der Waals surface area contributed by atoms with Crippen molar-refractivity contribution in [3.8, 4) is 0 Å². The molecule has 2 aliphatic rings. The van der Waals surface area contributed by atoms with Crippen LogP contribution in [0.1, 0.15) is 62.3 Å². The maximum Gasteiger partial charge on any atom is 0.225 e. The van der Waals surface area contributed by atoms with Crippen LogP contribution in [-0.4, -0.2) is 41.3 Å². The number of nitrogens with one attached hydrogen (secondary N) is 3. The first-order chi connectivity index (χ1) is 15.5. The Labute approximate surface area is 197 Å². The first-order valence-electron chi connectivity index (χ1n) is 12.0. The van der Waals surface area contributed by atoms with Crippen LogP contribution >= 0.6 is 12.2 Å². The third-order valence-corrected chi connectivity index (χ3v) is 6.82. The minimum atomic E-state index is 0.407. The number of hydrogen-bond acceptors (Lipinski definition) is 5. The topological polar surface area (TPSA) is 65.1 Å². The Morgan fingerprint density at radius 1 is 1.00 bits per heavy atom. The van der Waals surface area contributed by atoms with E-state index in [0.717, 1.165) is 62.4 Å². The van der Waals surface area contributed by atoms with Gasteiger partial charge in [-0.05, 0) is 87.7 Å². The van der Waals surface area contributed by atoms with E-state index in [2.05, 4.69) is 66.1 Å². The van der Waals surface area contributed by atoms with Gasteiger partial charge in [0.2, 0.25) is 5.95 Å². The molecule has 4 rings (SSSR count). The minimum Gasteiger partial charge on any atom is -0.362 e. The number of thiocarbonyl (C=S) groups is 1. The van der Waals surface area contributed by atoms with Crippen molar-refractivity contribution in [1.29, 1.82) is 0 Å². The zero-order valence-corrected chi connectivity index (χ0v) is 20.4. The number of rotatable bonds is 6. The van der Waals surface area contributed by atoms with Crippen molar-refractivity contribution in [3.63, 3.8) is 0 Å². The van der Waals surface area contributed by atoms with E-state index in [1.807, 2.05) is 0 Å². The number of benzene rings is 1. The van der Waals surface area contributed by atoms with Crippen LogP contribution in [0.2, 0.25) is 0 Å². The molecule has 1 aromatic carbocycles. The van der Waals surface area contributed by atoms with Gasteiger partial charge in [0.1, 0.15) is 5.82 Å². The van der Waals surface area contributed by atoms with Crippen LogP contribution in [0.5, 0.6) is 0 Å². The van der Waals surface area contributed by atoms with Crippen molar-refractivity contribution in [2.24, 2.45) is 0 Å². The number of aryl methyl sites for hydroxylation is 2. The summed E-state index contributed by atoms with van der Waals surface area (Å²) in [5.41, 5.74) is 4.94. The molecule has 0 bridgehead atoms. The fraction of sp³-hybridized carbons (Fsp3) is 0.560. The fourth-order valence-electron chi connectivity index (χ4n) is 4.75. The van der Waals surface area contributed by atoms with Gasteiger partial charge in [-0.2, -0.15) is 4.98 Å². The van der Waals surface area contributed by atoms with Gasteiger partial charge in [-0.1, -0.05) is 19.1 Å².